The predicted octanol–water partition coefficient (Wildman–Crippen LogP) is 3.23. The van der Waals surface area contributed by atoms with Crippen LogP contribution in [0, 0.1) is 0 Å². The fraction of sp³-hybridized carbons (Fsp3) is 0.0909. The molecule has 1 aromatic heterocycles. The van der Waals surface area contributed by atoms with Crippen molar-refractivity contribution < 1.29 is 4.74 Å². The van der Waals surface area contributed by atoms with Gasteiger partial charge >= 0.3 is 0 Å². The first-order valence-corrected chi connectivity index (χ1v) is 6.15. The van der Waals surface area contributed by atoms with Crippen LogP contribution < -0.4 is 15.8 Å². The van der Waals surface area contributed by atoms with Crippen LogP contribution >= 0.6 is 27.5 Å². The lowest BCUT2D eigenvalue weighted by atomic mass is 10.3. The zero-order valence-electron chi connectivity index (χ0n) is 9.45. The number of nitrogens with one attached hydrogen (secondary N) is 1. The van der Waals surface area contributed by atoms with Crippen LogP contribution in [0.3, 0.4) is 0 Å². The molecule has 2 rings (SSSR count). The quantitative estimate of drug-likeness (QED) is 0.904. The number of ether oxygens (including phenoxy) is 1. The molecule has 1 aromatic carbocycles. The fourth-order valence-corrected chi connectivity index (χ4v) is 1.92. The standard InChI is InChI=1S/C11H10BrClN4O/c1-18-9-10(14)15-5-16-11(9)17-8-4-6(12)2-3-7(8)13/h2-5H,1H3,(H3,14,15,16,17). The van der Waals surface area contributed by atoms with Crippen molar-refractivity contribution in [3.63, 3.8) is 0 Å². The molecule has 0 aliphatic rings. The van der Waals surface area contributed by atoms with Crippen LogP contribution in [0.15, 0.2) is 29.0 Å². The maximum Gasteiger partial charge on any atom is 0.204 e. The van der Waals surface area contributed by atoms with E-state index in [0.29, 0.717) is 22.3 Å². The molecule has 3 N–H and O–H groups in total. The Morgan fingerprint density at radius 3 is 2.89 bits per heavy atom. The molecule has 94 valence electrons. The van der Waals surface area contributed by atoms with Crippen molar-refractivity contribution in [2.75, 3.05) is 18.2 Å². The fourth-order valence-electron chi connectivity index (χ4n) is 1.40. The molecular weight excluding hydrogens is 320 g/mol. The molecule has 0 aliphatic carbocycles. The lowest BCUT2D eigenvalue weighted by molar-refractivity contribution is 0.415. The van der Waals surface area contributed by atoms with Gasteiger partial charge in [-0.15, -0.1) is 0 Å². The van der Waals surface area contributed by atoms with Crippen molar-refractivity contribution in [1.29, 1.82) is 0 Å². The summed E-state index contributed by atoms with van der Waals surface area (Å²) in [6.45, 7) is 0. The second kappa shape index (κ2) is 5.41. The zero-order valence-corrected chi connectivity index (χ0v) is 11.8. The lowest BCUT2D eigenvalue weighted by Crippen LogP contribution is -2.03. The largest absolute Gasteiger partial charge is 0.490 e. The number of nitrogens with two attached hydrogens (primary N) is 1. The second-order valence-electron chi connectivity index (χ2n) is 3.39. The number of benzene rings is 1. The molecule has 0 atom stereocenters. The van der Waals surface area contributed by atoms with Crippen LogP contribution in [-0.4, -0.2) is 17.1 Å². The minimum atomic E-state index is 0.265. The first-order chi connectivity index (χ1) is 8.61. The summed E-state index contributed by atoms with van der Waals surface area (Å²) in [5, 5.41) is 3.62. The van der Waals surface area contributed by atoms with E-state index >= 15 is 0 Å². The van der Waals surface area contributed by atoms with Gasteiger partial charge in [0.15, 0.2) is 11.6 Å². The van der Waals surface area contributed by atoms with E-state index in [2.05, 4.69) is 31.2 Å². The summed E-state index contributed by atoms with van der Waals surface area (Å²) in [7, 11) is 1.50. The molecule has 18 heavy (non-hydrogen) atoms. The summed E-state index contributed by atoms with van der Waals surface area (Å²) in [4.78, 5) is 7.93. The van der Waals surface area contributed by atoms with Crippen molar-refractivity contribution in [2.45, 2.75) is 0 Å². The number of halogens is 2. The summed E-state index contributed by atoms with van der Waals surface area (Å²) >= 11 is 9.46. The summed E-state index contributed by atoms with van der Waals surface area (Å²) < 4.78 is 6.05. The van der Waals surface area contributed by atoms with Crippen LogP contribution in [0.25, 0.3) is 0 Å². The highest BCUT2D eigenvalue weighted by Crippen LogP contribution is 2.33. The minimum absolute atomic E-state index is 0.265. The average Bonchev–Trinajstić information content (AvgIpc) is 2.34. The van der Waals surface area contributed by atoms with E-state index in [0.717, 1.165) is 4.47 Å². The van der Waals surface area contributed by atoms with Gasteiger partial charge in [-0.2, -0.15) is 0 Å². The van der Waals surface area contributed by atoms with Crippen molar-refractivity contribution >= 4 is 44.9 Å². The molecule has 2 aromatic rings. The summed E-state index contributed by atoms with van der Waals surface area (Å²) in [6, 6.07) is 5.45. The molecule has 0 unspecified atom stereocenters. The van der Waals surface area contributed by atoms with Gasteiger partial charge in [-0.25, -0.2) is 9.97 Å². The molecule has 0 fully saturated rings. The van der Waals surface area contributed by atoms with Gasteiger partial charge in [0.05, 0.1) is 17.8 Å². The van der Waals surface area contributed by atoms with Gasteiger partial charge in [-0.05, 0) is 18.2 Å². The third-order valence-corrected chi connectivity index (χ3v) is 3.04. The predicted molar refractivity (Wildman–Crippen MR) is 75.4 cm³/mol. The van der Waals surface area contributed by atoms with Gasteiger partial charge in [-0.1, -0.05) is 27.5 Å². The van der Waals surface area contributed by atoms with Gasteiger partial charge in [0.2, 0.25) is 5.75 Å². The molecule has 5 nitrogen and oxygen atoms in total. The second-order valence-corrected chi connectivity index (χ2v) is 4.71. The number of hydrogen-bond donors (Lipinski definition) is 2. The number of nitrogens with zero attached hydrogens (tertiary/aromatic N) is 2. The van der Waals surface area contributed by atoms with Crippen molar-refractivity contribution in [2.24, 2.45) is 0 Å². The van der Waals surface area contributed by atoms with Crippen LogP contribution in [0.1, 0.15) is 0 Å². The van der Waals surface area contributed by atoms with Gasteiger partial charge in [-0.3, -0.25) is 0 Å². The molecule has 1 heterocycles. The van der Waals surface area contributed by atoms with Crippen molar-refractivity contribution in [3.05, 3.63) is 34.0 Å². The smallest absolute Gasteiger partial charge is 0.204 e. The molecule has 0 bridgehead atoms. The molecule has 0 spiro atoms. The van der Waals surface area contributed by atoms with Crippen LogP contribution in [-0.2, 0) is 0 Å². The van der Waals surface area contributed by atoms with E-state index in [9.17, 15) is 0 Å². The summed E-state index contributed by atoms with van der Waals surface area (Å²) in [5.41, 5.74) is 6.39. The topological polar surface area (TPSA) is 73.1 Å². The molecular formula is C11H10BrClN4O. The van der Waals surface area contributed by atoms with Gasteiger partial charge in [0.1, 0.15) is 6.33 Å². The third kappa shape index (κ3) is 2.65. The Hall–Kier alpha value is -1.53. The van der Waals surface area contributed by atoms with Crippen LogP contribution in [0.2, 0.25) is 5.02 Å². The SMILES string of the molecule is COc1c(N)ncnc1Nc1cc(Br)ccc1Cl. The Morgan fingerprint density at radius 2 is 2.17 bits per heavy atom. The van der Waals surface area contributed by atoms with Crippen LogP contribution in [0.4, 0.5) is 17.3 Å². The normalized spacial score (nSPS) is 10.2. The van der Waals surface area contributed by atoms with E-state index < -0.39 is 0 Å². The van der Waals surface area contributed by atoms with E-state index in [4.69, 9.17) is 22.1 Å². The maximum absolute atomic E-state index is 6.08. The molecule has 0 saturated carbocycles. The molecule has 7 heteroatoms. The maximum atomic E-state index is 6.08. The number of nitrogen functional groups attached to an aromatic ring is 1. The van der Waals surface area contributed by atoms with E-state index in [-0.39, 0.29) is 5.82 Å². The Balaban J connectivity index is 2.40. The number of anilines is 3. The van der Waals surface area contributed by atoms with Crippen molar-refractivity contribution in [1.82, 2.24) is 9.97 Å². The molecule has 0 radical (unpaired) electrons. The number of methoxy groups -OCH3 is 1. The minimum Gasteiger partial charge on any atom is -0.490 e. The average molecular weight is 330 g/mol. The zero-order chi connectivity index (χ0) is 13.1. The van der Waals surface area contributed by atoms with E-state index in [1.165, 1.54) is 13.4 Å². The van der Waals surface area contributed by atoms with Crippen molar-refractivity contribution in [3.8, 4) is 5.75 Å². The number of hydrogen-bond acceptors (Lipinski definition) is 5. The molecule has 0 aliphatic heterocycles. The number of aromatic nitrogens is 2. The summed E-state index contributed by atoms with van der Waals surface area (Å²) in [5.74, 6) is 1.11. The Bertz CT molecular complexity index is 579. The first-order valence-electron chi connectivity index (χ1n) is 4.98. The Labute approximate surface area is 117 Å². The third-order valence-electron chi connectivity index (χ3n) is 2.22. The van der Waals surface area contributed by atoms with Gasteiger partial charge in [0, 0.05) is 4.47 Å². The lowest BCUT2D eigenvalue weighted by Gasteiger charge is -2.12. The molecule has 0 amide bonds. The highest BCUT2D eigenvalue weighted by Gasteiger charge is 2.11. The summed E-state index contributed by atoms with van der Waals surface area (Å²) in [6.07, 6.45) is 1.35. The van der Waals surface area contributed by atoms with E-state index in [1.54, 1.807) is 6.07 Å². The Morgan fingerprint density at radius 1 is 1.39 bits per heavy atom. The molecule has 0 saturated heterocycles. The first kappa shape index (κ1) is 12.9. The monoisotopic (exact) mass is 328 g/mol. The highest BCUT2D eigenvalue weighted by molar-refractivity contribution is 9.10. The highest BCUT2D eigenvalue weighted by atomic mass is 79.9. The number of rotatable bonds is 3. The van der Waals surface area contributed by atoms with Gasteiger partial charge < -0.3 is 15.8 Å². The van der Waals surface area contributed by atoms with E-state index in [1.807, 2.05) is 12.1 Å². The Kier molecular flexibility index (Phi) is 3.88. The van der Waals surface area contributed by atoms with Gasteiger partial charge in [0.25, 0.3) is 0 Å². The van der Waals surface area contributed by atoms with Crippen LogP contribution in [0.5, 0.6) is 5.75 Å².